The number of para-hydroxylation sites is 1. The van der Waals surface area contributed by atoms with E-state index in [9.17, 15) is 0 Å². The van der Waals surface area contributed by atoms with Gasteiger partial charge in [0.15, 0.2) is 0 Å². The lowest BCUT2D eigenvalue weighted by atomic mass is 9.67. The van der Waals surface area contributed by atoms with Gasteiger partial charge in [0, 0.05) is 32.0 Å². The Labute approximate surface area is 300 Å². The SMILES string of the molecule is C1=CCC(c2cc(-c3ccccc3)nc(-n3c4ccccc4c4c5c(ccc43)C3(c4ccccc4S5)c4ccccc4-c4ccccc43)n2)C=C1. The quantitative estimate of drug-likeness (QED) is 0.188. The minimum absolute atomic E-state index is 0.189. The van der Waals surface area contributed by atoms with Crippen LogP contribution in [0.3, 0.4) is 0 Å². The van der Waals surface area contributed by atoms with Gasteiger partial charge in [0.1, 0.15) is 0 Å². The van der Waals surface area contributed by atoms with Crippen molar-refractivity contribution in [2.45, 2.75) is 27.5 Å². The van der Waals surface area contributed by atoms with Gasteiger partial charge in [-0.15, -0.1) is 0 Å². The molecule has 51 heavy (non-hydrogen) atoms. The maximum Gasteiger partial charge on any atom is 0.235 e. The first-order valence-corrected chi connectivity index (χ1v) is 18.4. The number of rotatable bonds is 3. The molecule has 0 fully saturated rings. The molecule has 1 aliphatic heterocycles. The molecule has 6 aromatic carbocycles. The average Bonchev–Trinajstić information content (AvgIpc) is 3.70. The summed E-state index contributed by atoms with van der Waals surface area (Å²) in [4.78, 5) is 13.3. The molecule has 0 N–H and O–H groups in total. The van der Waals surface area contributed by atoms with E-state index in [1.165, 1.54) is 53.9 Å². The Hall–Kier alpha value is -5.97. The highest BCUT2D eigenvalue weighted by Gasteiger charge is 2.50. The van der Waals surface area contributed by atoms with E-state index in [4.69, 9.17) is 9.97 Å². The standard InChI is InChI=1S/C47H31N3S/c1-3-15-30(16-4-1)39-29-40(31-17-5-2-6-18-31)49-46(48-39)50-41-25-13-9-21-34(41)44-42(50)28-27-38-45(44)51-43-26-14-12-24-37(43)47(38)35-22-10-7-19-32(35)33-20-8-11-23-36(33)47/h1-17,19-29,31H,18H2. The Kier molecular flexibility index (Phi) is 6.23. The Morgan fingerprint density at radius 1 is 0.608 bits per heavy atom. The normalized spacial score (nSPS) is 16.3. The van der Waals surface area contributed by atoms with Gasteiger partial charge in [-0.25, -0.2) is 9.97 Å². The summed E-state index contributed by atoms with van der Waals surface area (Å²) < 4.78 is 2.30. The van der Waals surface area contributed by atoms with Crippen molar-refractivity contribution >= 4 is 33.6 Å². The summed E-state index contributed by atoms with van der Waals surface area (Å²) in [5, 5.41) is 2.46. The molecule has 8 aromatic rings. The maximum atomic E-state index is 5.36. The molecule has 0 saturated carbocycles. The maximum absolute atomic E-state index is 5.36. The molecule has 3 aliphatic rings. The van der Waals surface area contributed by atoms with Crippen LogP contribution < -0.4 is 0 Å². The first kappa shape index (κ1) is 28.8. The van der Waals surface area contributed by atoms with Gasteiger partial charge in [-0.3, -0.25) is 4.57 Å². The smallest absolute Gasteiger partial charge is 0.235 e. The zero-order valence-corrected chi connectivity index (χ0v) is 28.5. The molecule has 2 aliphatic carbocycles. The highest BCUT2D eigenvalue weighted by atomic mass is 32.2. The average molecular weight is 670 g/mol. The van der Waals surface area contributed by atoms with Gasteiger partial charge < -0.3 is 0 Å². The number of hydrogen-bond donors (Lipinski definition) is 0. The molecule has 1 atom stereocenters. The zero-order chi connectivity index (χ0) is 33.5. The van der Waals surface area contributed by atoms with E-state index in [0.717, 1.165) is 34.4 Å². The van der Waals surface area contributed by atoms with Crippen molar-refractivity contribution in [2.75, 3.05) is 0 Å². The molecule has 3 nitrogen and oxygen atoms in total. The summed E-state index contributed by atoms with van der Waals surface area (Å²) in [6.07, 6.45) is 9.66. The lowest BCUT2D eigenvalue weighted by molar-refractivity contribution is 0.725. The van der Waals surface area contributed by atoms with E-state index in [-0.39, 0.29) is 5.92 Å². The molecule has 3 heterocycles. The number of aromatic nitrogens is 3. The lowest BCUT2D eigenvalue weighted by Gasteiger charge is -2.40. The molecular formula is C47H31N3S. The summed E-state index contributed by atoms with van der Waals surface area (Å²) >= 11 is 1.90. The molecule has 1 unspecified atom stereocenters. The minimum atomic E-state index is -0.431. The summed E-state index contributed by atoms with van der Waals surface area (Å²) in [6.45, 7) is 0. The number of hydrogen-bond acceptors (Lipinski definition) is 3. The Balaban J connectivity index is 1.24. The van der Waals surface area contributed by atoms with Crippen molar-refractivity contribution < 1.29 is 0 Å². The van der Waals surface area contributed by atoms with E-state index in [1.54, 1.807) is 0 Å². The molecule has 4 heteroatoms. The van der Waals surface area contributed by atoms with Crippen LogP contribution in [0.5, 0.6) is 0 Å². The van der Waals surface area contributed by atoms with Crippen LogP contribution in [-0.2, 0) is 5.41 Å². The van der Waals surface area contributed by atoms with Crippen molar-refractivity contribution in [2.24, 2.45) is 0 Å². The van der Waals surface area contributed by atoms with Gasteiger partial charge >= 0.3 is 0 Å². The van der Waals surface area contributed by atoms with E-state index in [2.05, 4.69) is 174 Å². The number of benzene rings is 6. The van der Waals surface area contributed by atoms with Crippen molar-refractivity contribution in [1.29, 1.82) is 0 Å². The van der Waals surface area contributed by atoms with Crippen LogP contribution in [0.2, 0.25) is 0 Å². The number of nitrogens with zero attached hydrogens (tertiary/aromatic N) is 3. The molecular weight excluding hydrogens is 639 g/mol. The third-order valence-corrected chi connectivity index (χ3v) is 12.2. The summed E-state index contributed by atoms with van der Waals surface area (Å²) in [5.41, 5.74) is 12.9. The third-order valence-electron chi connectivity index (χ3n) is 11.0. The fourth-order valence-electron chi connectivity index (χ4n) is 8.88. The molecule has 0 amide bonds. The van der Waals surface area contributed by atoms with Crippen molar-refractivity contribution in [3.8, 4) is 28.3 Å². The van der Waals surface area contributed by atoms with Crippen molar-refractivity contribution in [1.82, 2.24) is 14.5 Å². The van der Waals surface area contributed by atoms with Crippen LogP contribution in [0.1, 0.15) is 40.3 Å². The van der Waals surface area contributed by atoms with Gasteiger partial charge in [0.25, 0.3) is 0 Å². The van der Waals surface area contributed by atoms with Gasteiger partial charge in [-0.05, 0) is 64.1 Å². The Morgan fingerprint density at radius 3 is 2.10 bits per heavy atom. The van der Waals surface area contributed by atoms with Crippen LogP contribution in [0.15, 0.2) is 180 Å². The van der Waals surface area contributed by atoms with Crippen LogP contribution in [0.4, 0.5) is 0 Å². The monoisotopic (exact) mass is 669 g/mol. The fourth-order valence-corrected chi connectivity index (χ4v) is 10.2. The Bertz CT molecular complexity index is 2730. The number of allylic oxidation sites excluding steroid dienone is 4. The molecule has 11 rings (SSSR count). The molecule has 0 bridgehead atoms. The highest BCUT2D eigenvalue weighted by molar-refractivity contribution is 7.99. The molecule has 2 aromatic heterocycles. The zero-order valence-electron chi connectivity index (χ0n) is 27.7. The van der Waals surface area contributed by atoms with E-state index >= 15 is 0 Å². The van der Waals surface area contributed by atoms with Crippen LogP contribution in [0, 0.1) is 0 Å². The second kappa shape index (κ2) is 11.0. The predicted molar refractivity (Wildman–Crippen MR) is 209 cm³/mol. The topological polar surface area (TPSA) is 30.7 Å². The largest absolute Gasteiger partial charge is 0.278 e. The van der Waals surface area contributed by atoms with Crippen LogP contribution in [-0.4, -0.2) is 14.5 Å². The predicted octanol–water partition coefficient (Wildman–Crippen LogP) is 11.7. The van der Waals surface area contributed by atoms with Gasteiger partial charge in [-0.2, -0.15) is 0 Å². The van der Waals surface area contributed by atoms with Crippen LogP contribution >= 0.6 is 11.8 Å². The van der Waals surface area contributed by atoms with E-state index < -0.39 is 5.41 Å². The van der Waals surface area contributed by atoms with Gasteiger partial charge in [0.2, 0.25) is 5.95 Å². The highest BCUT2D eigenvalue weighted by Crippen LogP contribution is 2.63. The molecule has 0 saturated heterocycles. The fraction of sp³-hybridized carbons (Fsp3) is 0.0638. The minimum Gasteiger partial charge on any atom is -0.278 e. The van der Waals surface area contributed by atoms with Gasteiger partial charge in [-0.1, -0.05) is 157 Å². The van der Waals surface area contributed by atoms with Crippen molar-refractivity contribution in [3.05, 3.63) is 198 Å². The Morgan fingerprint density at radius 2 is 1.31 bits per heavy atom. The summed E-state index contributed by atoms with van der Waals surface area (Å²) in [7, 11) is 0. The molecule has 240 valence electrons. The molecule has 0 radical (unpaired) electrons. The lowest BCUT2D eigenvalue weighted by Crippen LogP contribution is -2.32. The first-order valence-electron chi connectivity index (χ1n) is 17.6. The first-order chi connectivity index (χ1) is 25.3. The number of fused-ring (bicyclic) bond motifs is 13. The summed E-state index contributed by atoms with van der Waals surface area (Å²) in [6, 6.07) is 53.2. The molecule has 1 spiro atoms. The second-order valence-electron chi connectivity index (χ2n) is 13.6. The van der Waals surface area contributed by atoms with Crippen molar-refractivity contribution in [3.63, 3.8) is 0 Å². The van der Waals surface area contributed by atoms with E-state index in [1.807, 2.05) is 11.8 Å². The van der Waals surface area contributed by atoms with Crippen LogP contribution in [0.25, 0.3) is 50.1 Å². The van der Waals surface area contributed by atoms with E-state index in [0.29, 0.717) is 5.95 Å². The second-order valence-corrected chi connectivity index (χ2v) is 14.7. The summed E-state index contributed by atoms with van der Waals surface area (Å²) in [5.74, 6) is 0.891. The third kappa shape index (κ3) is 4.02. The van der Waals surface area contributed by atoms with Gasteiger partial charge in [0.05, 0.1) is 27.8 Å².